The van der Waals surface area contributed by atoms with Crippen molar-refractivity contribution < 1.29 is 9.13 Å². The smallest absolute Gasteiger partial charge is 0.207 e. The van der Waals surface area contributed by atoms with Gasteiger partial charge in [0.25, 0.3) is 0 Å². The minimum atomic E-state index is -0.212. The van der Waals surface area contributed by atoms with Crippen molar-refractivity contribution in [3.8, 4) is 5.69 Å². The highest BCUT2D eigenvalue weighted by molar-refractivity contribution is 5.43. The summed E-state index contributed by atoms with van der Waals surface area (Å²) in [5, 5.41) is 3.21. The molecule has 0 fully saturated rings. The van der Waals surface area contributed by atoms with E-state index in [0.29, 0.717) is 18.1 Å². The Hall–Kier alpha value is -1.88. The van der Waals surface area contributed by atoms with Gasteiger partial charge in [-0.1, -0.05) is 6.07 Å². The monoisotopic (exact) mass is 263 g/mol. The first-order valence-corrected chi connectivity index (χ1v) is 6.25. The average molecular weight is 263 g/mol. The summed E-state index contributed by atoms with van der Waals surface area (Å²) in [6, 6.07) is 5.15. The Morgan fingerprint density at radius 1 is 1.42 bits per heavy atom. The van der Waals surface area contributed by atoms with Gasteiger partial charge in [-0.3, -0.25) is 4.57 Å². The van der Waals surface area contributed by atoms with E-state index in [-0.39, 0.29) is 5.82 Å². The van der Waals surface area contributed by atoms with Crippen LogP contribution in [-0.4, -0.2) is 29.8 Å². The molecule has 0 radical (unpaired) electrons. The second kappa shape index (κ2) is 6.33. The molecule has 0 aliphatic carbocycles. The van der Waals surface area contributed by atoms with Crippen molar-refractivity contribution in [2.45, 2.75) is 13.3 Å². The van der Waals surface area contributed by atoms with Gasteiger partial charge in [0.05, 0.1) is 5.69 Å². The number of ether oxygens (including phenoxy) is 1. The van der Waals surface area contributed by atoms with E-state index in [1.165, 1.54) is 6.07 Å². The predicted octanol–water partition coefficient (Wildman–Crippen LogP) is 2.77. The third-order valence-electron chi connectivity index (χ3n) is 2.88. The summed E-state index contributed by atoms with van der Waals surface area (Å²) >= 11 is 0. The van der Waals surface area contributed by atoms with Crippen LogP contribution in [0.4, 0.5) is 10.3 Å². The van der Waals surface area contributed by atoms with Crippen LogP contribution in [0.3, 0.4) is 0 Å². The highest BCUT2D eigenvalue weighted by atomic mass is 19.1. The van der Waals surface area contributed by atoms with Crippen LogP contribution in [0.5, 0.6) is 0 Å². The van der Waals surface area contributed by atoms with Gasteiger partial charge in [-0.25, -0.2) is 9.37 Å². The normalized spacial score (nSPS) is 10.7. The lowest BCUT2D eigenvalue weighted by molar-refractivity contribution is 0.197. The van der Waals surface area contributed by atoms with Crippen molar-refractivity contribution in [1.82, 2.24) is 9.55 Å². The van der Waals surface area contributed by atoms with Gasteiger partial charge in [-0.2, -0.15) is 0 Å². The summed E-state index contributed by atoms with van der Waals surface area (Å²) in [5.74, 6) is 0.496. The molecule has 0 saturated carbocycles. The van der Waals surface area contributed by atoms with Gasteiger partial charge in [-0.15, -0.1) is 0 Å². The number of methoxy groups -OCH3 is 1. The van der Waals surface area contributed by atoms with Crippen LogP contribution in [0.25, 0.3) is 5.69 Å². The van der Waals surface area contributed by atoms with Crippen LogP contribution in [-0.2, 0) is 4.74 Å². The van der Waals surface area contributed by atoms with Gasteiger partial charge >= 0.3 is 0 Å². The van der Waals surface area contributed by atoms with E-state index in [4.69, 9.17) is 4.74 Å². The van der Waals surface area contributed by atoms with Crippen LogP contribution >= 0.6 is 0 Å². The average Bonchev–Trinajstić information content (AvgIpc) is 2.86. The topological polar surface area (TPSA) is 39.1 Å². The van der Waals surface area contributed by atoms with Crippen LogP contribution in [0.1, 0.15) is 12.0 Å². The fourth-order valence-electron chi connectivity index (χ4n) is 1.79. The van der Waals surface area contributed by atoms with E-state index >= 15 is 0 Å². The first-order valence-electron chi connectivity index (χ1n) is 6.25. The molecule has 102 valence electrons. The molecule has 4 nitrogen and oxygen atoms in total. The molecule has 2 aromatic rings. The van der Waals surface area contributed by atoms with Crippen molar-refractivity contribution in [2.75, 3.05) is 25.6 Å². The lowest BCUT2D eigenvalue weighted by atomic mass is 10.2. The Balaban J connectivity index is 2.12. The van der Waals surface area contributed by atoms with Crippen LogP contribution in [0.2, 0.25) is 0 Å². The fraction of sp³-hybridized carbons (Fsp3) is 0.357. The van der Waals surface area contributed by atoms with Crippen molar-refractivity contribution in [2.24, 2.45) is 0 Å². The molecule has 0 amide bonds. The zero-order chi connectivity index (χ0) is 13.7. The lowest BCUT2D eigenvalue weighted by Crippen LogP contribution is -2.09. The Kier molecular flexibility index (Phi) is 4.52. The summed E-state index contributed by atoms with van der Waals surface area (Å²) in [6.45, 7) is 3.21. The molecule has 2 rings (SSSR count). The summed E-state index contributed by atoms with van der Waals surface area (Å²) < 4.78 is 20.4. The molecule has 0 aliphatic heterocycles. The molecule has 1 heterocycles. The molecule has 0 unspecified atom stereocenters. The number of hydrogen-bond acceptors (Lipinski definition) is 3. The van der Waals surface area contributed by atoms with Gasteiger partial charge in [0.2, 0.25) is 5.95 Å². The number of nitrogens with zero attached hydrogens (tertiary/aromatic N) is 2. The fourth-order valence-corrected chi connectivity index (χ4v) is 1.79. The maximum atomic E-state index is 13.6. The zero-order valence-electron chi connectivity index (χ0n) is 11.2. The molecule has 1 aromatic heterocycles. The third kappa shape index (κ3) is 3.32. The molecule has 19 heavy (non-hydrogen) atoms. The number of nitrogens with one attached hydrogen (secondary N) is 1. The number of halogens is 1. The quantitative estimate of drug-likeness (QED) is 0.814. The molecule has 0 aliphatic rings. The maximum absolute atomic E-state index is 13.6. The molecule has 0 bridgehead atoms. The number of benzene rings is 1. The summed E-state index contributed by atoms with van der Waals surface area (Å²) in [7, 11) is 1.68. The Morgan fingerprint density at radius 3 is 3.00 bits per heavy atom. The van der Waals surface area contributed by atoms with Crippen molar-refractivity contribution >= 4 is 5.95 Å². The summed E-state index contributed by atoms with van der Waals surface area (Å²) in [6.07, 6.45) is 4.39. The SMILES string of the molecule is COCCCNc1nccn1-c1ccc(C)c(F)c1. The van der Waals surface area contributed by atoms with E-state index < -0.39 is 0 Å². The molecule has 5 heteroatoms. The standard InChI is InChI=1S/C14H18FN3O/c1-11-4-5-12(10-13(11)15)18-8-7-17-14(18)16-6-3-9-19-2/h4-5,7-8,10H,3,6,9H2,1-2H3,(H,16,17). The lowest BCUT2D eigenvalue weighted by Gasteiger charge is -2.10. The van der Waals surface area contributed by atoms with Crippen molar-refractivity contribution in [3.63, 3.8) is 0 Å². The zero-order valence-corrected chi connectivity index (χ0v) is 11.2. The number of hydrogen-bond donors (Lipinski definition) is 1. The van der Waals surface area contributed by atoms with Crippen molar-refractivity contribution in [3.05, 3.63) is 42.0 Å². The number of imidazole rings is 1. The van der Waals surface area contributed by atoms with Gasteiger partial charge in [0.15, 0.2) is 0 Å². The van der Waals surface area contributed by atoms with E-state index in [0.717, 1.165) is 18.7 Å². The minimum absolute atomic E-state index is 0.212. The van der Waals surface area contributed by atoms with E-state index in [9.17, 15) is 4.39 Å². The van der Waals surface area contributed by atoms with Crippen LogP contribution < -0.4 is 5.32 Å². The van der Waals surface area contributed by atoms with E-state index in [1.807, 2.05) is 16.8 Å². The number of anilines is 1. The van der Waals surface area contributed by atoms with Gasteiger partial charge in [-0.05, 0) is 31.0 Å². The Morgan fingerprint density at radius 2 is 2.26 bits per heavy atom. The number of rotatable bonds is 6. The van der Waals surface area contributed by atoms with Crippen LogP contribution in [0.15, 0.2) is 30.6 Å². The second-order valence-electron chi connectivity index (χ2n) is 4.33. The third-order valence-corrected chi connectivity index (χ3v) is 2.88. The Bertz CT molecular complexity index is 539. The molecule has 0 spiro atoms. The second-order valence-corrected chi connectivity index (χ2v) is 4.33. The molecular formula is C14H18FN3O. The summed E-state index contributed by atoms with van der Waals surface area (Å²) in [5.41, 5.74) is 1.40. The molecule has 0 atom stereocenters. The van der Waals surface area contributed by atoms with E-state index in [1.54, 1.807) is 26.3 Å². The molecular weight excluding hydrogens is 245 g/mol. The highest BCUT2D eigenvalue weighted by Crippen LogP contribution is 2.17. The first-order chi connectivity index (χ1) is 9.22. The van der Waals surface area contributed by atoms with Gasteiger partial charge in [0.1, 0.15) is 5.82 Å². The number of aromatic nitrogens is 2. The molecule has 1 N–H and O–H groups in total. The molecule has 1 aromatic carbocycles. The Labute approximate surface area is 112 Å². The molecule has 0 saturated heterocycles. The predicted molar refractivity (Wildman–Crippen MR) is 73.2 cm³/mol. The van der Waals surface area contributed by atoms with Crippen molar-refractivity contribution in [1.29, 1.82) is 0 Å². The maximum Gasteiger partial charge on any atom is 0.207 e. The first kappa shape index (κ1) is 13.5. The highest BCUT2D eigenvalue weighted by Gasteiger charge is 2.06. The number of aryl methyl sites for hydroxylation is 1. The van der Waals surface area contributed by atoms with E-state index in [2.05, 4.69) is 10.3 Å². The summed E-state index contributed by atoms with van der Waals surface area (Å²) in [4.78, 5) is 4.23. The largest absolute Gasteiger partial charge is 0.385 e. The van der Waals surface area contributed by atoms with Gasteiger partial charge in [0, 0.05) is 32.7 Å². The van der Waals surface area contributed by atoms with Gasteiger partial charge < -0.3 is 10.1 Å². The minimum Gasteiger partial charge on any atom is -0.385 e. The van der Waals surface area contributed by atoms with Crippen LogP contribution in [0, 0.1) is 12.7 Å².